The number of methoxy groups -OCH3 is 1. The van der Waals surface area contributed by atoms with Crippen LogP contribution >= 0.6 is 0 Å². The molecule has 1 aromatic rings. The highest BCUT2D eigenvalue weighted by Crippen LogP contribution is 2.31. The Bertz CT molecular complexity index is 313. The predicted molar refractivity (Wildman–Crippen MR) is 59.6 cm³/mol. The minimum Gasteiger partial charge on any atom is -0.496 e. The summed E-state index contributed by atoms with van der Waals surface area (Å²) in [5, 5.41) is 0. The van der Waals surface area contributed by atoms with Gasteiger partial charge in [-0.3, -0.25) is 0 Å². The normalized spacial score (nSPS) is 11.5. The van der Waals surface area contributed by atoms with Crippen molar-refractivity contribution >= 4 is 0 Å². The Kier molecular flexibility index (Phi) is 3.17. The summed E-state index contributed by atoms with van der Waals surface area (Å²) in [5.41, 5.74) is 8.01. The van der Waals surface area contributed by atoms with Crippen LogP contribution in [-0.4, -0.2) is 7.11 Å². The first kappa shape index (κ1) is 11.1. The first-order valence-electron chi connectivity index (χ1n) is 4.96. The third-order valence-corrected chi connectivity index (χ3v) is 2.38. The molecule has 0 spiro atoms. The van der Waals surface area contributed by atoms with E-state index in [2.05, 4.69) is 13.0 Å². The fourth-order valence-corrected chi connectivity index (χ4v) is 1.61. The van der Waals surface area contributed by atoms with E-state index < -0.39 is 0 Å². The third-order valence-electron chi connectivity index (χ3n) is 2.38. The van der Waals surface area contributed by atoms with E-state index in [-0.39, 0.29) is 5.54 Å². The lowest BCUT2D eigenvalue weighted by Gasteiger charge is -2.23. The molecule has 78 valence electrons. The fraction of sp³-hybridized carbons (Fsp3) is 0.500. The molecule has 2 N–H and O–H groups in total. The van der Waals surface area contributed by atoms with Crippen LogP contribution in [-0.2, 0) is 12.0 Å². The van der Waals surface area contributed by atoms with E-state index in [4.69, 9.17) is 10.5 Å². The third kappa shape index (κ3) is 2.07. The second-order valence-corrected chi connectivity index (χ2v) is 4.07. The van der Waals surface area contributed by atoms with Crippen LogP contribution in [0.5, 0.6) is 5.75 Å². The second-order valence-electron chi connectivity index (χ2n) is 4.07. The summed E-state index contributed by atoms with van der Waals surface area (Å²) in [6.07, 6.45) is 0.965. The van der Waals surface area contributed by atoms with Gasteiger partial charge in [0.25, 0.3) is 0 Å². The highest BCUT2D eigenvalue weighted by Gasteiger charge is 2.20. The van der Waals surface area contributed by atoms with Crippen LogP contribution in [0.4, 0.5) is 0 Å². The van der Waals surface area contributed by atoms with Gasteiger partial charge in [0.05, 0.1) is 7.11 Å². The Balaban J connectivity index is 3.29. The number of para-hydroxylation sites is 1. The number of benzene rings is 1. The van der Waals surface area contributed by atoms with E-state index in [9.17, 15) is 0 Å². The molecule has 1 rings (SSSR count). The zero-order chi connectivity index (χ0) is 10.8. The smallest absolute Gasteiger partial charge is 0.127 e. The van der Waals surface area contributed by atoms with Crippen molar-refractivity contribution in [3.8, 4) is 5.75 Å². The molecule has 0 saturated heterocycles. The number of hydrogen-bond donors (Lipinski definition) is 1. The Morgan fingerprint density at radius 3 is 2.43 bits per heavy atom. The van der Waals surface area contributed by atoms with Crippen LogP contribution in [0, 0.1) is 0 Å². The number of aryl methyl sites for hydroxylation is 1. The zero-order valence-electron chi connectivity index (χ0n) is 9.42. The van der Waals surface area contributed by atoms with Crippen molar-refractivity contribution in [2.24, 2.45) is 5.73 Å². The summed E-state index contributed by atoms with van der Waals surface area (Å²) in [7, 11) is 1.70. The molecule has 1 aromatic carbocycles. The van der Waals surface area contributed by atoms with Crippen molar-refractivity contribution in [1.82, 2.24) is 0 Å². The van der Waals surface area contributed by atoms with Crippen molar-refractivity contribution in [3.05, 3.63) is 29.3 Å². The van der Waals surface area contributed by atoms with E-state index in [1.807, 2.05) is 26.0 Å². The molecule has 0 radical (unpaired) electrons. The van der Waals surface area contributed by atoms with Gasteiger partial charge in [-0.2, -0.15) is 0 Å². The Hall–Kier alpha value is -1.02. The fourth-order valence-electron chi connectivity index (χ4n) is 1.61. The number of ether oxygens (including phenoxy) is 1. The van der Waals surface area contributed by atoms with Crippen molar-refractivity contribution in [2.75, 3.05) is 7.11 Å². The monoisotopic (exact) mass is 193 g/mol. The van der Waals surface area contributed by atoms with Gasteiger partial charge in [-0.05, 0) is 25.8 Å². The quantitative estimate of drug-likeness (QED) is 0.800. The van der Waals surface area contributed by atoms with Gasteiger partial charge in [0.1, 0.15) is 5.75 Å². The van der Waals surface area contributed by atoms with Crippen LogP contribution in [0.3, 0.4) is 0 Å². The molecule has 0 saturated carbocycles. The van der Waals surface area contributed by atoms with Crippen molar-refractivity contribution < 1.29 is 4.74 Å². The van der Waals surface area contributed by atoms with Crippen LogP contribution < -0.4 is 10.5 Å². The molecule has 0 fully saturated rings. The van der Waals surface area contributed by atoms with Crippen molar-refractivity contribution in [2.45, 2.75) is 32.7 Å². The molecule has 0 aliphatic carbocycles. The number of nitrogens with two attached hydrogens (primary N) is 1. The summed E-state index contributed by atoms with van der Waals surface area (Å²) in [4.78, 5) is 0. The van der Waals surface area contributed by atoms with Crippen LogP contribution in [0.25, 0.3) is 0 Å². The summed E-state index contributed by atoms with van der Waals surface area (Å²) >= 11 is 0. The molecule has 2 heteroatoms. The predicted octanol–water partition coefficient (Wildman–Crippen LogP) is 2.45. The number of rotatable bonds is 3. The standard InChI is InChI=1S/C12H19NO/c1-5-9-7-6-8-10(11(9)14-4)12(2,3)13/h6-8H,5,13H2,1-4H3. The molecule has 14 heavy (non-hydrogen) atoms. The van der Waals surface area contributed by atoms with Gasteiger partial charge >= 0.3 is 0 Å². The summed E-state index contributed by atoms with van der Waals surface area (Å²) in [6.45, 7) is 6.10. The second kappa shape index (κ2) is 4.01. The van der Waals surface area contributed by atoms with Gasteiger partial charge in [-0.25, -0.2) is 0 Å². The maximum Gasteiger partial charge on any atom is 0.127 e. The van der Waals surface area contributed by atoms with Gasteiger partial charge in [-0.15, -0.1) is 0 Å². The lowest BCUT2D eigenvalue weighted by atomic mass is 9.92. The van der Waals surface area contributed by atoms with Gasteiger partial charge in [-0.1, -0.05) is 25.1 Å². The van der Waals surface area contributed by atoms with E-state index in [1.165, 1.54) is 5.56 Å². The average molecular weight is 193 g/mol. The Morgan fingerprint density at radius 1 is 1.36 bits per heavy atom. The Morgan fingerprint density at radius 2 is 2.00 bits per heavy atom. The van der Waals surface area contributed by atoms with E-state index in [0.29, 0.717) is 0 Å². The molecular weight excluding hydrogens is 174 g/mol. The van der Waals surface area contributed by atoms with Crippen LogP contribution in [0.15, 0.2) is 18.2 Å². The maximum absolute atomic E-state index is 6.08. The molecule has 0 atom stereocenters. The molecule has 0 bridgehead atoms. The highest BCUT2D eigenvalue weighted by molar-refractivity contribution is 5.44. The summed E-state index contributed by atoms with van der Waals surface area (Å²) in [5.74, 6) is 0.933. The Labute approximate surface area is 86.1 Å². The van der Waals surface area contributed by atoms with E-state index in [0.717, 1.165) is 17.7 Å². The minimum absolute atomic E-state index is 0.351. The molecular formula is C12H19NO. The SMILES string of the molecule is CCc1cccc(C(C)(C)N)c1OC. The minimum atomic E-state index is -0.351. The van der Waals surface area contributed by atoms with Crippen LogP contribution in [0.1, 0.15) is 31.9 Å². The van der Waals surface area contributed by atoms with E-state index >= 15 is 0 Å². The lowest BCUT2D eigenvalue weighted by molar-refractivity contribution is 0.390. The topological polar surface area (TPSA) is 35.2 Å². The molecule has 0 aromatic heterocycles. The lowest BCUT2D eigenvalue weighted by Crippen LogP contribution is -2.29. The molecule has 0 heterocycles. The van der Waals surface area contributed by atoms with E-state index in [1.54, 1.807) is 7.11 Å². The molecule has 2 nitrogen and oxygen atoms in total. The molecule has 0 amide bonds. The largest absolute Gasteiger partial charge is 0.496 e. The highest BCUT2D eigenvalue weighted by atomic mass is 16.5. The van der Waals surface area contributed by atoms with Gasteiger partial charge in [0, 0.05) is 11.1 Å². The average Bonchev–Trinajstić information content (AvgIpc) is 2.15. The summed E-state index contributed by atoms with van der Waals surface area (Å²) < 4.78 is 5.41. The first-order chi connectivity index (χ1) is 6.50. The molecule has 0 aliphatic rings. The van der Waals surface area contributed by atoms with Gasteiger partial charge in [0.15, 0.2) is 0 Å². The van der Waals surface area contributed by atoms with Crippen LogP contribution in [0.2, 0.25) is 0 Å². The van der Waals surface area contributed by atoms with Crippen molar-refractivity contribution in [3.63, 3.8) is 0 Å². The first-order valence-corrected chi connectivity index (χ1v) is 4.96. The molecule has 0 unspecified atom stereocenters. The van der Waals surface area contributed by atoms with Gasteiger partial charge in [0.2, 0.25) is 0 Å². The summed E-state index contributed by atoms with van der Waals surface area (Å²) in [6, 6.07) is 6.14. The zero-order valence-corrected chi connectivity index (χ0v) is 9.42. The van der Waals surface area contributed by atoms with Gasteiger partial charge < -0.3 is 10.5 Å². The number of hydrogen-bond acceptors (Lipinski definition) is 2. The molecule has 0 aliphatic heterocycles. The van der Waals surface area contributed by atoms with Crippen molar-refractivity contribution in [1.29, 1.82) is 0 Å². The maximum atomic E-state index is 6.08.